The van der Waals surface area contributed by atoms with Crippen molar-refractivity contribution in [2.24, 2.45) is 0 Å². The predicted molar refractivity (Wildman–Crippen MR) is 57.9 cm³/mol. The van der Waals surface area contributed by atoms with Crippen molar-refractivity contribution in [3.8, 4) is 0 Å². The Morgan fingerprint density at radius 1 is 1.62 bits per heavy atom. The maximum atomic E-state index is 5.73. The fourth-order valence-electron chi connectivity index (χ4n) is 0.921. The predicted octanol–water partition coefficient (Wildman–Crippen LogP) is 1.37. The minimum absolute atomic E-state index is 0.768. The number of nitrogen functional groups attached to an aromatic ring is 1. The number of nitrogens with two attached hydrogens (primary N) is 1. The average Bonchev–Trinajstić information content (AvgIpc) is 2.15. The summed E-state index contributed by atoms with van der Waals surface area (Å²) in [5.74, 6) is 1.01. The average molecular weight is 197 g/mol. The first-order chi connectivity index (χ1) is 6.34. The van der Waals surface area contributed by atoms with Gasteiger partial charge < -0.3 is 11.1 Å². The molecule has 1 aromatic rings. The molecule has 0 fully saturated rings. The van der Waals surface area contributed by atoms with Gasteiger partial charge in [0, 0.05) is 18.5 Å². The fourth-order valence-corrected chi connectivity index (χ4v) is 1.73. The van der Waals surface area contributed by atoms with E-state index in [0.29, 0.717) is 0 Å². The molecule has 0 aliphatic carbocycles. The normalized spacial score (nSPS) is 10.2. The molecule has 0 unspecified atom stereocenters. The third-order valence-corrected chi connectivity index (χ3v) is 2.59. The van der Waals surface area contributed by atoms with Crippen molar-refractivity contribution in [2.45, 2.75) is 11.9 Å². The number of rotatable bonds is 5. The van der Waals surface area contributed by atoms with E-state index in [2.05, 4.69) is 17.2 Å². The van der Waals surface area contributed by atoms with Gasteiger partial charge in [-0.3, -0.25) is 0 Å². The molecular formula is C9H15N3S. The Bertz CT molecular complexity index is 252. The molecule has 0 radical (unpaired) electrons. The monoisotopic (exact) mass is 197 g/mol. The summed E-state index contributed by atoms with van der Waals surface area (Å²) in [6, 6.07) is 3.73. The molecule has 1 aromatic heterocycles. The second kappa shape index (κ2) is 5.83. The maximum Gasteiger partial charge on any atom is 0.119 e. The van der Waals surface area contributed by atoms with Gasteiger partial charge in [-0.25, -0.2) is 4.98 Å². The van der Waals surface area contributed by atoms with Gasteiger partial charge in [0.15, 0.2) is 0 Å². The van der Waals surface area contributed by atoms with E-state index in [4.69, 9.17) is 5.73 Å². The third-order valence-electron chi connectivity index (χ3n) is 1.57. The lowest BCUT2D eigenvalue weighted by molar-refractivity contribution is 0.768. The molecule has 3 N–H and O–H groups in total. The summed E-state index contributed by atoms with van der Waals surface area (Å²) in [7, 11) is 0. The lowest BCUT2D eigenvalue weighted by Crippen LogP contribution is -2.15. The van der Waals surface area contributed by atoms with Crippen LogP contribution < -0.4 is 11.1 Å². The van der Waals surface area contributed by atoms with Crippen molar-refractivity contribution >= 4 is 17.4 Å². The van der Waals surface area contributed by atoms with Crippen LogP contribution in [0.25, 0.3) is 0 Å². The molecule has 0 saturated carbocycles. The van der Waals surface area contributed by atoms with Gasteiger partial charge in [-0.05, 0) is 18.7 Å². The van der Waals surface area contributed by atoms with E-state index in [-0.39, 0.29) is 0 Å². The zero-order valence-electron chi connectivity index (χ0n) is 7.79. The van der Waals surface area contributed by atoms with E-state index in [1.807, 2.05) is 12.1 Å². The zero-order chi connectivity index (χ0) is 9.52. The van der Waals surface area contributed by atoms with Gasteiger partial charge in [0.1, 0.15) is 5.03 Å². The summed E-state index contributed by atoms with van der Waals surface area (Å²) in [5, 5.41) is 4.18. The van der Waals surface area contributed by atoms with Crippen LogP contribution in [0.3, 0.4) is 0 Å². The number of nitrogens with one attached hydrogen (secondary N) is 1. The molecule has 0 spiro atoms. The van der Waals surface area contributed by atoms with Gasteiger partial charge in [0.05, 0.1) is 5.69 Å². The summed E-state index contributed by atoms with van der Waals surface area (Å²) in [4.78, 5) is 4.19. The second-order valence-electron chi connectivity index (χ2n) is 2.60. The van der Waals surface area contributed by atoms with Crippen LogP contribution >= 0.6 is 11.8 Å². The van der Waals surface area contributed by atoms with E-state index < -0.39 is 0 Å². The highest BCUT2D eigenvalue weighted by molar-refractivity contribution is 7.99. The van der Waals surface area contributed by atoms with E-state index in [9.17, 15) is 0 Å². The third kappa shape index (κ3) is 3.65. The Morgan fingerprint density at radius 3 is 3.15 bits per heavy atom. The molecule has 3 nitrogen and oxygen atoms in total. The van der Waals surface area contributed by atoms with Crippen LogP contribution in [0.5, 0.6) is 0 Å². The van der Waals surface area contributed by atoms with Crippen LogP contribution in [0.1, 0.15) is 6.92 Å². The quantitative estimate of drug-likeness (QED) is 0.553. The Labute approximate surface area is 83.1 Å². The molecule has 1 rings (SSSR count). The first-order valence-corrected chi connectivity index (χ1v) is 5.37. The summed E-state index contributed by atoms with van der Waals surface area (Å²) < 4.78 is 0. The van der Waals surface area contributed by atoms with Gasteiger partial charge in [-0.15, -0.1) is 11.8 Å². The molecule has 0 atom stereocenters. The smallest absolute Gasteiger partial charge is 0.119 e. The van der Waals surface area contributed by atoms with E-state index >= 15 is 0 Å². The van der Waals surface area contributed by atoms with Crippen LogP contribution in [-0.2, 0) is 0 Å². The molecule has 0 aliphatic rings. The van der Waals surface area contributed by atoms with E-state index in [0.717, 1.165) is 29.6 Å². The SMILES string of the molecule is CCNCCSc1ncccc1N. The Kier molecular flexibility index (Phi) is 4.64. The van der Waals surface area contributed by atoms with Crippen LogP contribution in [0.4, 0.5) is 5.69 Å². The lowest BCUT2D eigenvalue weighted by Gasteiger charge is -2.03. The highest BCUT2D eigenvalue weighted by Crippen LogP contribution is 2.20. The maximum absolute atomic E-state index is 5.73. The molecular weight excluding hydrogens is 182 g/mol. The van der Waals surface area contributed by atoms with Gasteiger partial charge >= 0.3 is 0 Å². The van der Waals surface area contributed by atoms with Crippen molar-refractivity contribution in [3.05, 3.63) is 18.3 Å². The molecule has 0 saturated heterocycles. The molecule has 4 heteroatoms. The van der Waals surface area contributed by atoms with Crippen molar-refractivity contribution < 1.29 is 0 Å². The number of nitrogens with zero attached hydrogens (tertiary/aromatic N) is 1. The van der Waals surface area contributed by atoms with Gasteiger partial charge in [-0.2, -0.15) is 0 Å². The standard InChI is InChI=1S/C9H15N3S/c1-2-11-6-7-13-9-8(10)4-3-5-12-9/h3-5,11H,2,6-7,10H2,1H3. The largest absolute Gasteiger partial charge is 0.397 e. The van der Waals surface area contributed by atoms with E-state index in [1.165, 1.54) is 0 Å². The van der Waals surface area contributed by atoms with Crippen molar-refractivity contribution in [3.63, 3.8) is 0 Å². The van der Waals surface area contributed by atoms with Gasteiger partial charge in [0.25, 0.3) is 0 Å². The highest BCUT2D eigenvalue weighted by Gasteiger charge is 1.98. The first-order valence-electron chi connectivity index (χ1n) is 4.38. The molecule has 1 heterocycles. The number of anilines is 1. The Balaban J connectivity index is 2.32. The van der Waals surface area contributed by atoms with Gasteiger partial charge in [-0.1, -0.05) is 6.92 Å². The minimum atomic E-state index is 0.768. The zero-order valence-corrected chi connectivity index (χ0v) is 8.60. The number of hydrogen-bond donors (Lipinski definition) is 2. The molecule has 13 heavy (non-hydrogen) atoms. The Morgan fingerprint density at radius 2 is 2.46 bits per heavy atom. The summed E-state index contributed by atoms with van der Waals surface area (Å²) in [5.41, 5.74) is 6.50. The summed E-state index contributed by atoms with van der Waals surface area (Å²) >= 11 is 1.69. The topological polar surface area (TPSA) is 50.9 Å². The molecule has 0 aliphatic heterocycles. The number of pyridine rings is 1. The molecule has 0 bridgehead atoms. The minimum Gasteiger partial charge on any atom is -0.397 e. The van der Waals surface area contributed by atoms with Crippen molar-refractivity contribution in [1.29, 1.82) is 0 Å². The van der Waals surface area contributed by atoms with E-state index in [1.54, 1.807) is 18.0 Å². The Hall–Kier alpha value is -0.740. The number of aromatic nitrogens is 1. The summed E-state index contributed by atoms with van der Waals surface area (Å²) in [6.45, 7) is 4.11. The van der Waals surface area contributed by atoms with Crippen LogP contribution in [-0.4, -0.2) is 23.8 Å². The number of hydrogen-bond acceptors (Lipinski definition) is 4. The number of thioether (sulfide) groups is 1. The molecule has 0 amide bonds. The summed E-state index contributed by atoms with van der Waals surface area (Å²) in [6.07, 6.45) is 1.77. The molecule has 72 valence electrons. The van der Waals surface area contributed by atoms with Crippen molar-refractivity contribution in [1.82, 2.24) is 10.3 Å². The van der Waals surface area contributed by atoms with Gasteiger partial charge in [0.2, 0.25) is 0 Å². The first kappa shape index (κ1) is 10.3. The van der Waals surface area contributed by atoms with Crippen LogP contribution in [0, 0.1) is 0 Å². The lowest BCUT2D eigenvalue weighted by atomic mass is 10.4. The fraction of sp³-hybridized carbons (Fsp3) is 0.444. The van der Waals surface area contributed by atoms with Crippen molar-refractivity contribution in [2.75, 3.05) is 24.6 Å². The molecule has 0 aromatic carbocycles. The van der Waals surface area contributed by atoms with Crippen LogP contribution in [0.15, 0.2) is 23.4 Å². The second-order valence-corrected chi connectivity index (χ2v) is 3.68. The highest BCUT2D eigenvalue weighted by atomic mass is 32.2. The van der Waals surface area contributed by atoms with Crippen LogP contribution in [0.2, 0.25) is 0 Å².